The number of ether oxygens (including phenoxy) is 1. The molecule has 0 radical (unpaired) electrons. The van der Waals surface area contributed by atoms with Crippen LogP contribution in [0.4, 0.5) is 4.79 Å². The van der Waals surface area contributed by atoms with Gasteiger partial charge in [0.15, 0.2) is 0 Å². The highest BCUT2D eigenvalue weighted by atomic mass is 16.6. The van der Waals surface area contributed by atoms with Gasteiger partial charge in [0.25, 0.3) is 0 Å². The van der Waals surface area contributed by atoms with Crippen molar-refractivity contribution >= 4 is 6.09 Å². The fourth-order valence-electron chi connectivity index (χ4n) is 2.36. The largest absolute Gasteiger partial charge is 0.445 e. The van der Waals surface area contributed by atoms with Gasteiger partial charge in [0.2, 0.25) is 0 Å². The fraction of sp³-hybridized carbons (Fsp3) is 0.500. The number of benzene rings is 1. The second-order valence-electron chi connectivity index (χ2n) is 4.57. The van der Waals surface area contributed by atoms with Crippen LogP contribution < -0.4 is 0 Å². The molecule has 1 aliphatic heterocycles. The second-order valence-corrected chi connectivity index (χ2v) is 4.57. The van der Waals surface area contributed by atoms with Gasteiger partial charge < -0.3 is 14.7 Å². The number of rotatable bonds is 3. The quantitative estimate of drug-likeness (QED) is 0.893. The summed E-state index contributed by atoms with van der Waals surface area (Å²) in [7, 11) is 0. The molecule has 4 nitrogen and oxygen atoms in total. The maximum atomic E-state index is 11.9. The van der Waals surface area contributed by atoms with Crippen molar-refractivity contribution in [2.45, 2.75) is 38.5 Å². The number of likely N-dealkylation sites (tertiary alicyclic amines) is 1. The molecule has 0 bridgehead atoms. The lowest BCUT2D eigenvalue weighted by Gasteiger charge is -2.24. The monoisotopic (exact) mass is 249 g/mol. The molecule has 0 aliphatic carbocycles. The molecule has 1 fully saturated rings. The molecule has 98 valence electrons. The second kappa shape index (κ2) is 5.87. The number of hydrogen-bond acceptors (Lipinski definition) is 3. The number of hydrogen-bond donors (Lipinski definition) is 1. The maximum Gasteiger partial charge on any atom is 0.410 e. The zero-order chi connectivity index (χ0) is 13.0. The summed E-state index contributed by atoms with van der Waals surface area (Å²) in [5.41, 5.74) is 0.971. The lowest BCUT2D eigenvalue weighted by Crippen LogP contribution is -2.39. The number of aliphatic hydroxyl groups is 1. The first-order valence-electron chi connectivity index (χ1n) is 6.37. The van der Waals surface area contributed by atoms with Gasteiger partial charge in [-0.2, -0.15) is 0 Å². The molecule has 2 rings (SSSR count). The predicted octanol–water partition coefficient (Wildman–Crippen LogP) is 2.17. The molecule has 1 aromatic carbocycles. The lowest BCUT2D eigenvalue weighted by atomic mass is 10.1. The van der Waals surface area contributed by atoms with E-state index >= 15 is 0 Å². The highest BCUT2D eigenvalue weighted by Crippen LogP contribution is 2.21. The van der Waals surface area contributed by atoms with Crippen LogP contribution in [-0.2, 0) is 11.3 Å². The SMILES string of the molecule is CC[C@H]1[C@@H](O)CCN1C(=O)OCc1ccccc1. The molecule has 0 aromatic heterocycles. The standard InChI is InChI=1S/C14H19NO3/c1-2-12-13(16)8-9-15(12)14(17)18-10-11-6-4-3-5-7-11/h3-7,12-13,16H,2,8-10H2,1H3/t12-,13-/m0/s1. The summed E-state index contributed by atoms with van der Waals surface area (Å²) < 4.78 is 5.27. The van der Waals surface area contributed by atoms with Crippen molar-refractivity contribution < 1.29 is 14.6 Å². The van der Waals surface area contributed by atoms with Gasteiger partial charge in [-0.3, -0.25) is 0 Å². The van der Waals surface area contributed by atoms with Gasteiger partial charge in [0.1, 0.15) is 6.61 Å². The maximum absolute atomic E-state index is 11.9. The van der Waals surface area contributed by atoms with Gasteiger partial charge >= 0.3 is 6.09 Å². The van der Waals surface area contributed by atoms with Crippen LogP contribution >= 0.6 is 0 Å². The normalized spacial score (nSPS) is 23.1. The van der Waals surface area contributed by atoms with Crippen LogP contribution in [0.5, 0.6) is 0 Å². The predicted molar refractivity (Wildman–Crippen MR) is 68.0 cm³/mol. The molecule has 0 unspecified atom stereocenters. The number of nitrogens with zero attached hydrogens (tertiary/aromatic N) is 1. The molecule has 1 amide bonds. The molecule has 2 atom stereocenters. The van der Waals surface area contributed by atoms with E-state index in [1.165, 1.54) is 0 Å². The van der Waals surface area contributed by atoms with Crippen molar-refractivity contribution in [3.8, 4) is 0 Å². The van der Waals surface area contributed by atoms with Crippen molar-refractivity contribution in [1.82, 2.24) is 4.90 Å². The Labute approximate surface area is 107 Å². The highest BCUT2D eigenvalue weighted by molar-refractivity contribution is 5.68. The van der Waals surface area contributed by atoms with E-state index in [1.807, 2.05) is 37.3 Å². The van der Waals surface area contributed by atoms with Crippen LogP contribution in [-0.4, -0.2) is 34.8 Å². The Kier molecular flexibility index (Phi) is 4.20. The summed E-state index contributed by atoms with van der Waals surface area (Å²) in [6.07, 6.45) is 0.641. The Morgan fingerprint density at radius 2 is 2.17 bits per heavy atom. The van der Waals surface area contributed by atoms with Gasteiger partial charge in [-0.25, -0.2) is 4.79 Å². The first kappa shape index (κ1) is 12.9. The van der Waals surface area contributed by atoms with E-state index in [0.717, 1.165) is 12.0 Å². The van der Waals surface area contributed by atoms with Crippen LogP contribution in [0.15, 0.2) is 30.3 Å². The molecule has 18 heavy (non-hydrogen) atoms. The molecule has 1 heterocycles. The number of carbonyl (C=O) groups excluding carboxylic acids is 1. The van der Waals surface area contributed by atoms with Crippen molar-refractivity contribution in [3.63, 3.8) is 0 Å². The van der Waals surface area contributed by atoms with Gasteiger partial charge in [-0.05, 0) is 18.4 Å². The summed E-state index contributed by atoms with van der Waals surface area (Å²) in [6, 6.07) is 9.49. The Hall–Kier alpha value is -1.55. The summed E-state index contributed by atoms with van der Waals surface area (Å²) in [6.45, 7) is 2.83. The van der Waals surface area contributed by atoms with Crippen LogP contribution in [0.25, 0.3) is 0 Å². The zero-order valence-electron chi connectivity index (χ0n) is 10.6. The summed E-state index contributed by atoms with van der Waals surface area (Å²) in [4.78, 5) is 13.6. The third-order valence-corrected chi connectivity index (χ3v) is 3.37. The van der Waals surface area contributed by atoms with E-state index in [1.54, 1.807) is 4.90 Å². The van der Waals surface area contributed by atoms with Gasteiger partial charge in [0.05, 0.1) is 12.1 Å². The van der Waals surface area contributed by atoms with Crippen LogP contribution in [0.3, 0.4) is 0 Å². The molecule has 1 saturated heterocycles. The Bertz CT molecular complexity index is 393. The number of aliphatic hydroxyl groups excluding tert-OH is 1. The summed E-state index contributed by atoms with van der Waals surface area (Å²) >= 11 is 0. The van der Waals surface area contributed by atoms with Crippen molar-refractivity contribution in [2.75, 3.05) is 6.54 Å². The molecular weight excluding hydrogens is 230 g/mol. The van der Waals surface area contributed by atoms with Crippen LogP contribution in [0, 0.1) is 0 Å². The Balaban J connectivity index is 1.88. The third-order valence-electron chi connectivity index (χ3n) is 3.37. The third kappa shape index (κ3) is 2.82. The highest BCUT2D eigenvalue weighted by Gasteiger charge is 2.35. The fourth-order valence-corrected chi connectivity index (χ4v) is 2.36. The first-order chi connectivity index (χ1) is 8.72. The molecule has 0 saturated carbocycles. The van der Waals surface area contributed by atoms with E-state index in [9.17, 15) is 9.90 Å². The van der Waals surface area contributed by atoms with E-state index in [0.29, 0.717) is 13.0 Å². The number of carbonyl (C=O) groups is 1. The van der Waals surface area contributed by atoms with E-state index in [4.69, 9.17) is 4.74 Å². The van der Waals surface area contributed by atoms with Crippen LogP contribution in [0.1, 0.15) is 25.3 Å². The summed E-state index contributed by atoms with van der Waals surface area (Å²) in [5.74, 6) is 0. The average molecular weight is 249 g/mol. The van der Waals surface area contributed by atoms with E-state index < -0.39 is 6.10 Å². The minimum Gasteiger partial charge on any atom is -0.445 e. The average Bonchev–Trinajstić information content (AvgIpc) is 2.78. The van der Waals surface area contributed by atoms with Gasteiger partial charge in [-0.1, -0.05) is 37.3 Å². The smallest absolute Gasteiger partial charge is 0.410 e. The van der Waals surface area contributed by atoms with E-state index in [2.05, 4.69) is 0 Å². The zero-order valence-corrected chi connectivity index (χ0v) is 10.6. The molecule has 0 spiro atoms. The lowest BCUT2D eigenvalue weighted by molar-refractivity contribution is 0.0705. The number of amides is 1. The molecule has 1 aromatic rings. The van der Waals surface area contributed by atoms with Gasteiger partial charge in [0, 0.05) is 6.54 Å². The topological polar surface area (TPSA) is 49.8 Å². The molecule has 4 heteroatoms. The summed E-state index contributed by atoms with van der Waals surface area (Å²) in [5, 5.41) is 9.74. The van der Waals surface area contributed by atoms with Crippen LogP contribution in [0.2, 0.25) is 0 Å². The van der Waals surface area contributed by atoms with E-state index in [-0.39, 0.29) is 18.7 Å². The van der Waals surface area contributed by atoms with Gasteiger partial charge in [-0.15, -0.1) is 0 Å². The van der Waals surface area contributed by atoms with Crippen molar-refractivity contribution in [2.24, 2.45) is 0 Å². The minimum absolute atomic E-state index is 0.103. The molecule has 1 aliphatic rings. The molecular formula is C14H19NO3. The minimum atomic E-state index is -0.417. The Morgan fingerprint density at radius 3 is 2.83 bits per heavy atom. The van der Waals surface area contributed by atoms with Crippen molar-refractivity contribution in [3.05, 3.63) is 35.9 Å². The first-order valence-corrected chi connectivity index (χ1v) is 6.37. The molecule has 1 N–H and O–H groups in total. The Morgan fingerprint density at radius 1 is 1.44 bits per heavy atom. The van der Waals surface area contributed by atoms with Crippen molar-refractivity contribution in [1.29, 1.82) is 0 Å².